The van der Waals surface area contributed by atoms with Gasteiger partial charge in [-0.15, -0.1) is 0 Å². The molecule has 3 N–H and O–H groups in total. The van der Waals surface area contributed by atoms with Crippen LogP contribution in [0.2, 0.25) is 0 Å². The van der Waals surface area contributed by atoms with Gasteiger partial charge in [-0.1, -0.05) is 19.9 Å². The topological polar surface area (TPSA) is 75.8 Å². The maximum Gasteiger partial charge on any atom is 0.231 e. The molecule has 0 aromatic carbocycles. The average molecular weight is 324 g/mol. The number of primary amides is 1. The fourth-order valence-corrected chi connectivity index (χ4v) is 3.93. The number of allylic oxidation sites excluding steroid dienone is 1. The number of nitrogens with zero attached hydrogens (tertiary/aromatic N) is 1. The third-order valence-corrected chi connectivity index (χ3v) is 5.70. The first-order chi connectivity index (χ1) is 10.7. The second-order valence-corrected chi connectivity index (χ2v) is 7.98. The maximum absolute atomic E-state index is 11.1. The van der Waals surface area contributed by atoms with Crippen molar-refractivity contribution in [2.24, 2.45) is 23.0 Å². The van der Waals surface area contributed by atoms with Crippen LogP contribution in [0.1, 0.15) is 40.5 Å². The van der Waals surface area contributed by atoms with Crippen molar-refractivity contribution in [1.82, 2.24) is 4.90 Å². The van der Waals surface area contributed by atoms with Gasteiger partial charge in [-0.05, 0) is 49.5 Å². The molecule has 3 aliphatic carbocycles. The normalized spacial score (nSPS) is 26.8. The van der Waals surface area contributed by atoms with Crippen LogP contribution in [0.3, 0.4) is 0 Å². The van der Waals surface area contributed by atoms with Crippen LogP contribution in [0.15, 0.2) is 11.6 Å². The molecule has 132 valence electrons. The van der Waals surface area contributed by atoms with Gasteiger partial charge in [0.15, 0.2) is 0 Å². The molecule has 3 unspecified atom stereocenters. The van der Waals surface area contributed by atoms with Gasteiger partial charge < -0.3 is 15.6 Å². The fourth-order valence-electron chi connectivity index (χ4n) is 3.93. The highest BCUT2D eigenvalue weighted by Crippen LogP contribution is 2.59. The lowest BCUT2D eigenvalue weighted by atomic mass is 9.49. The van der Waals surface area contributed by atoms with Crippen molar-refractivity contribution < 1.29 is 14.6 Å². The summed E-state index contributed by atoms with van der Waals surface area (Å²) in [6, 6.07) is 0.158. The third kappa shape index (κ3) is 4.34. The number of fused-ring (bicyclic) bond motifs is 1. The molecule has 0 radical (unpaired) electrons. The minimum Gasteiger partial charge on any atom is -0.389 e. The number of hydrogen-bond acceptors (Lipinski definition) is 4. The molecule has 0 saturated heterocycles. The summed E-state index contributed by atoms with van der Waals surface area (Å²) in [6.07, 6.45) is 4.15. The minimum atomic E-state index is -0.608. The maximum atomic E-state index is 11.1. The molecule has 1 saturated carbocycles. The zero-order chi connectivity index (χ0) is 17.2. The first-order valence-electron chi connectivity index (χ1n) is 8.69. The van der Waals surface area contributed by atoms with E-state index in [1.807, 2.05) is 18.7 Å². The Morgan fingerprint density at radius 1 is 1.52 bits per heavy atom. The van der Waals surface area contributed by atoms with Gasteiger partial charge in [0.05, 0.1) is 25.9 Å². The lowest BCUT2D eigenvalue weighted by Gasteiger charge is -2.56. The van der Waals surface area contributed by atoms with E-state index < -0.39 is 6.10 Å². The third-order valence-electron chi connectivity index (χ3n) is 5.70. The molecule has 23 heavy (non-hydrogen) atoms. The number of hydrogen-bond donors (Lipinski definition) is 2. The summed E-state index contributed by atoms with van der Waals surface area (Å²) in [5.41, 5.74) is 7.04. The Labute approximate surface area is 139 Å². The average Bonchev–Trinajstić information content (AvgIpc) is 2.46. The summed E-state index contributed by atoms with van der Waals surface area (Å²) in [5.74, 6) is 1.09. The summed E-state index contributed by atoms with van der Waals surface area (Å²) in [6.45, 7) is 10.1. The summed E-state index contributed by atoms with van der Waals surface area (Å²) >= 11 is 0. The molecule has 0 spiro atoms. The van der Waals surface area contributed by atoms with Crippen LogP contribution in [0.5, 0.6) is 0 Å². The second-order valence-electron chi connectivity index (χ2n) is 7.98. The molecular weight excluding hydrogens is 292 g/mol. The summed E-state index contributed by atoms with van der Waals surface area (Å²) in [5, 5.41) is 10.2. The molecule has 0 aromatic rings. The smallest absolute Gasteiger partial charge is 0.231 e. The fraction of sp³-hybridized carbons (Fsp3) is 0.833. The van der Waals surface area contributed by atoms with Crippen molar-refractivity contribution >= 4 is 5.91 Å². The predicted molar refractivity (Wildman–Crippen MR) is 90.8 cm³/mol. The van der Waals surface area contributed by atoms with E-state index in [0.29, 0.717) is 24.5 Å². The van der Waals surface area contributed by atoms with Gasteiger partial charge in [0.25, 0.3) is 0 Å². The van der Waals surface area contributed by atoms with E-state index in [2.05, 4.69) is 19.9 Å². The molecule has 0 aromatic heterocycles. The molecule has 1 fully saturated rings. The highest BCUT2D eigenvalue weighted by molar-refractivity contribution is 5.75. The molecule has 2 bridgehead atoms. The minimum absolute atomic E-state index is 0.158. The van der Waals surface area contributed by atoms with Crippen molar-refractivity contribution in [2.75, 3.05) is 26.3 Å². The Kier molecular flexibility index (Phi) is 5.87. The van der Waals surface area contributed by atoms with Crippen LogP contribution in [0.25, 0.3) is 0 Å². The zero-order valence-electron chi connectivity index (χ0n) is 14.9. The van der Waals surface area contributed by atoms with E-state index in [4.69, 9.17) is 10.5 Å². The molecule has 1 amide bonds. The monoisotopic (exact) mass is 324 g/mol. The highest BCUT2D eigenvalue weighted by atomic mass is 16.5. The summed E-state index contributed by atoms with van der Waals surface area (Å²) < 4.78 is 5.75. The van der Waals surface area contributed by atoms with Crippen LogP contribution >= 0.6 is 0 Å². The van der Waals surface area contributed by atoms with E-state index in [9.17, 15) is 9.90 Å². The number of nitrogens with two attached hydrogens (primary N) is 1. The molecule has 5 heteroatoms. The first kappa shape index (κ1) is 18.4. The van der Waals surface area contributed by atoms with Crippen molar-refractivity contribution in [2.45, 2.75) is 52.7 Å². The number of ether oxygens (including phenoxy) is 1. The number of aliphatic hydroxyl groups is 1. The van der Waals surface area contributed by atoms with Crippen molar-refractivity contribution in [1.29, 1.82) is 0 Å². The quantitative estimate of drug-likeness (QED) is 0.631. The van der Waals surface area contributed by atoms with Crippen LogP contribution in [-0.4, -0.2) is 54.4 Å². The molecule has 3 atom stereocenters. The van der Waals surface area contributed by atoms with Gasteiger partial charge in [0.1, 0.15) is 0 Å². The number of amides is 1. The Bertz CT molecular complexity index is 459. The van der Waals surface area contributed by atoms with Gasteiger partial charge in [0.2, 0.25) is 5.91 Å². The lowest BCUT2D eigenvalue weighted by molar-refractivity contribution is -0.120. The van der Waals surface area contributed by atoms with Crippen molar-refractivity contribution in [3.05, 3.63) is 11.6 Å². The van der Waals surface area contributed by atoms with Crippen molar-refractivity contribution in [3.8, 4) is 0 Å². The molecular formula is C18H32N2O3. The van der Waals surface area contributed by atoms with Gasteiger partial charge in [-0.2, -0.15) is 0 Å². The van der Waals surface area contributed by atoms with E-state index in [1.54, 1.807) is 0 Å². The summed E-state index contributed by atoms with van der Waals surface area (Å²) in [7, 11) is 0. The molecule has 3 rings (SSSR count). The van der Waals surface area contributed by atoms with Crippen LogP contribution in [0, 0.1) is 17.3 Å². The predicted octanol–water partition coefficient (Wildman–Crippen LogP) is 1.55. The molecule has 0 heterocycles. The molecule has 0 aliphatic heterocycles. The van der Waals surface area contributed by atoms with Gasteiger partial charge in [-0.3, -0.25) is 9.69 Å². The second kappa shape index (κ2) is 7.32. The van der Waals surface area contributed by atoms with E-state index in [-0.39, 0.29) is 25.1 Å². The Morgan fingerprint density at radius 3 is 2.74 bits per heavy atom. The number of carbonyl (C=O) groups is 1. The zero-order valence-corrected chi connectivity index (χ0v) is 14.9. The standard InChI is InChI=1S/C18H32N2O3/c1-12(2)20(9-17(19)22)8-15(21)11-23-10-13-5-6-14-7-16(13)18(14,3)4/h5,12,14-16,21H,6-11H2,1-4H3,(H2,19,22). The van der Waals surface area contributed by atoms with Crippen molar-refractivity contribution in [3.63, 3.8) is 0 Å². The Balaban J connectivity index is 1.73. The number of aliphatic hydroxyl groups excluding tert-OH is 1. The van der Waals surface area contributed by atoms with E-state index in [1.165, 1.54) is 12.0 Å². The Morgan fingerprint density at radius 2 is 2.22 bits per heavy atom. The number of carbonyl (C=O) groups excluding carboxylic acids is 1. The highest BCUT2D eigenvalue weighted by Gasteiger charge is 2.50. The van der Waals surface area contributed by atoms with Gasteiger partial charge in [0, 0.05) is 12.6 Å². The van der Waals surface area contributed by atoms with E-state index in [0.717, 1.165) is 12.3 Å². The molecule has 3 aliphatic rings. The van der Waals surface area contributed by atoms with Crippen LogP contribution in [0.4, 0.5) is 0 Å². The SMILES string of the molecule is CC(C)N(CC(N)=O)CC(O)COCC1=CCC2CC1C2(C)C. The van der Waals surface area contributed by atoms with Gasteiger partial charge >= 0.3 is 0 Å². The number of rotatable bonds is 9. The summed E-state index contributed by atoms with van der Waals surface area (Å²) in [4.78, 5) is 12.9. The van der Waals surface area contributed by atoms with Crippen LogP contribution < -0.4 is 5.73 Å². The van der Waals surface area contributed by atoms with Crippen LogP contribution in [-0.2, 0) is 9.53 Å². The van der Waals surface area contributed by atoms with E-state index >= 15 is 0 Å². The molecule has 5 nitrogen and oxygen atoms in total. The van der Waals surface area contributed by atoms with Gasteiger partial charge in [-0.25, -0.2) is 0 Å². The lowest BCUT2D eigenvalue weighted by Crippen LogP contribution is -2.49. The Hall–Kier alpha value is -0.910. The largest absolute Gasteiger partial charge is 0.389 e. The first-order valence-corrected chi connectivity index (χ1v) is 8.69.